The molecule has 0 aromatic carbocycles. The molecule has 5 saturated carbocycles. The second-order valence-corrected chi connectivity index (χ2v) is 7.11. The van der Waals surface area contributed by atoms with Gasteiger partial charge in [0, 0.05) is 11.3 Å². The van der Waals surface area contributed by atoms with Gasteiger partial charge in [-0.1, -0.05) is 20.8 Å². The summed E-state index contributed by atoms with van der Waals surface area (Å²) in [6, 6.07) is 0. The van der Waals surface area contributed by atoms with Crippen molar-refractivity contribution >= 4 is 0 Å². The first-order valence-corrected chi connectivity index (χ1v) is 6.86. The molecule has 0 aromatic rings. The molecule has 0 nitrogen and oxygen atoms in total. The second-order valence-electron chi connectivity index (χ2n) is 7.11. The quantitative estimate of drug-likeness (QED) is 0.560. The Kier molecular flexibility index (Phi) is 1.98. The predicted molar refractivity (Wildman–Crippen MR) is 64.3 cm³/mol. The molecule has 0 N–H and O–H groups in total. The fourth-order valence-electron chi connectivity index (χ4n) is 5.31. The molecule has 0 aliphatic heterocycles. The van der Waals surface area contributed by atoms with Crippen molar-refractivity contribution in [3.8, 4) is 0 Å². The molecular formula is C15H25+. The fraction of sp³-hybridized carbons (Fsp3) is 0.933. The highest BCUT2D eigenvalue weighted by Gasteiger charge is 2.66. The summed E-state index contributed by atoms with van der Waals surface area (Å²) in [6.07, 6.45) is 6.08. The number of hydrogen-bond acceptors (Lipinski definition) is 0. The Balaban J connectivity index is 1.94. The first kappa shape index (κ1) is 10.1. The van der Waals surface area contributed by atoms with Crippen LogP contribution in [0.1, 0.15) is 53.4 Å². The van der Waals surface area contributed by atoms with Crippen LogP contribution in [0.5, 0.6) is 0 Å². The summed E-state index contributed by atoms with van der Waals surface area (Å²) >= 11 is 0. The van der Waals surface area contributed by atoms with E-state index in [2.05, 4.69) is 27.7 Å². The Bertz CT molecular complexity index is 265. The van der Waals surface area contributed by atoms with E-state index in [1.165, 1.54) is 19.3 Å². The molecule has 0 spiro atoms. The van der Waals surface area contributed by atoms with Crippen LogP contribution in [0.3, 0.4) is 0 Å². The van der Waals surface area contributed by atoms with Crippen LogP contribution in [0, 0.1) is 40.9 Å². The highest BCUT2D eigenvalue weighted by Crippen LogP contribution is 2.68. The summed E-state index contributed by atoms with van der Waals surface area (Å²) in [6.45, 7) is 9.92. The van der Waals surface area contributed by atoms with Gasteiger partial charge in [-0.05, 0) is 37.5 Å². The van der Waals surface area contributed by atoms with E-state index in [0.29, 0.717) is 5.41 Å². The Morgan fingerprint density at radius 3 is 2.67 bits per heavy atom. The minimum Gasteiger partial charge on any atom is -0.0625 e. The maximum absolute atomic E-state index is 2.57. The molecule has 0 saturated heterocycles. The molecule has 5 aliphatic carbocycles. The average Bonchev–Trinajstić information content (AvgIpc) is 2.15. The van der Waals surface area contributed by atoms with Crippen molar-refractivity contribution in [2.75, 3.05) is 0 Å². The van der Waals surface area contributed by atoms with Crippen LogP contribution in [0.25, 0.3) is 0 Å². The smallest absolute Gasteiger partial charge is 0.0625 e. The third kappa shape index (κ3) is 1.17. The van der Waals surface area contributed by atoms with E-state index >= 15 is 0 Å². The van der Waals surface area contributed by atoms with Gasteiger partial charge < -0.3 is 0 Å². The zero-order valence-electron chi connectivity index (χ0n) is 10.7. The van der Waals surface area contributed by atoms with Crippen molar-refractivity contribution in [3.05, 3.63) is 5.92 Å². The third-order valence-corrected chi connectivity index (χ3v) is 6.14. The fourth-order valence-corrected chi connectivity index (χ4v) is 5.31. The molecule has 5 atom stereocenters. The van der Waals surface area contributed by atoms with Crippen molar-refractivity contribution in [1.82, 2.24) is 0 Å². The molecular weight excluding hydrogens is 180 g/mol. The molecule has 0 amide bonds. The van der Waals surface area contributed by atoms with Crippen LogP contribution in [0.15, 0.2) is 0 Å². The topological polar surface area (TPSA) is 0 Å². The van der Waals surface area contributed by atoms with Gasteiger partial charge >= 0.3 is 0 Å². The van der Waals surface area contributed by atoms with Crippen LogP contribution in [-0.2, 0) is 0 Å². The first-order chi connectivity index (χ1) is 7.03. The third-order valence-electron chi connectivity index (χ3n) is 6.14. The lowest BCUT2D eigenvalue weighted by molar-refractivity contribution is -0.105. The largest absolute Gasteiger partial charge is 0.106 e. The normalized spacial score (nSPS) is 53.0. The number of fused-ring (bicyclic) bond motifs is 2. The molecule has 0 heteroatoms. The van der Waals surface area contributed by atoms with E-state index in [9.17, 15) is 0 Å². The lowest BCUT2D eigenvalue weighted by atomic mass is 9.40. The van der Waals surface area contributed by atoms with Gasteiger partial charge in [-0.15, -0.1) is 0 Å². The zero-order chi connectivity index (χ0) is 10.8. The van der Waals surface area contributed by atoms with Crippen LogP contribution in [0.2, 0.25) is 0 Å². The maximum Gasteiger partial charge on any atom is 0.106 e. The van der Waals surface area contributed by atoms with Crippen LogP contribution in [-0.4, -0.2) is 0 Å². The summed E-state index contributed by atoms with van der Waals surface area (Å²) in [5.74, 6) is 6.88. The minimum atomic E-state index is 0.703. The van der Waals surface area contributed by atoms with Crippen LogP contribution in [0.4, 0.5) is 0 Å². The summed E-state index contributed by atoms with van der Waals surface area (Å²) in [5, 5.41) is 0. The molecule has 5 aliphatic rings. The van der Waals surface area contributed by atoms with Gasteiger partial charge in [0.05, 0.1) is 12.8 Å². The van der Waals surface area contributed by atoms with Gasteiger partial charge in [0.25, 0.3) is 0 Å². The van der Waals surface area contributed by atoms with Crippen molar-refractivity contribution in [3.63, 3.8) is 0 Å². The van der Waals surface area contributed by atoms with E-state index in [-0.39, 0.29) is 0 Å². The molecule has 0 radical (unpaired) electrons. The minimum absolute atomic E-state index is 0.703. The Labute approximate surface area is 94.8 Å². The van der Waals surface area contributed by atoms with Crippen molar-refractivity contribution < 1.29 is 0 Å². The van der Waals surface area contributed by atoms with Crippen molar-refractivity contribution in [2.45, 2.75) is 53.4 Å². The average molecular weight is 205 g/mol. The molecule has 15 heavy (non-hydrogen) atoms. The van der Waals surface area contributed by atoms with Crippen molar-refractivity contribution in [1.29, 1.82) is 0 Å². The standard InChI is InChI=1S/C15H25/c1-9(2)12-7-14-10(3)11-5-6-15(14,4)8-13(11)12/h9,11-14H,5-8H2,1-4H3/q+1. The first-order valence-electron chi connectivity index (χ1n) is 6.86. The van der Waals surface area contributed by atoms with Gasteiger partial charge in [-0.3, -0.25) is 0 Å². The number of rotatable bonds is 1. The van der Waals surface area contributed by atoms with E-state index in [1.807, 2.05) is 5.92 Å². The molecule has 0 aromatic heterocycles. The molecule has 5 fully saturated rings. The van der Waals surface area contributed by atoms with Crippen molar-refractivity contribution in [2.24, 2.45) is 35.0 Å². The lowest BCUT2D eigenvalue weighted by Crippen LogP contribution is -2.57. The molecule has 84 valence electrons. The molecule has 5 rings (SSSR count). The number of hydrogen-bond donors (Lipinski definition) is 0. The highest BCUT2D eigenvalue weighted by atomic mass is 14.6. The predicted octanol–water partition coefficient (Wildman–Crippen LogP) is 4.31. The van der Waals surface area contributed by atoms with Gasteiger partial charge in [0.15, 0.2) is 0 Å². The van der Waals surface area contributed by atoms with E-state index in [4.69, 9.17) is 0 Å². The molecule has 0 heterocycles. The van der Waals surface area contributed by atoms with E-state index < -0.39 is 0 Å². The van der Waals surface area contributed by atoms with Crippen LogP contribution < -0.4 is 0 Å². The SMILES string of the molecule is C[C+]1C2CCC3(C)CC2C(C(C)C)CC13. The van der Waals surface area contributed by atoms with Crippen LogP contribution >= 0.6 is 0 Å². The Morgan fingerprint density at radius 1 is 1.33 bits per heavy atom. The highest BCUT2D eigenvalue weighted by molar-refractivity contribution is 5.20. The Morgan fingerprint density at radius 2 is 2.07 bits per heavy atom. The molecule has 4 bridgehead atoms. The van der Waals surface area contributed by atoms with Gasteiger partial charge in [0.1, 0.15) is 11.8 Å². The maximum atomic E-state index is 2.57. The van der Waals surface area contributed by atoms with E-state index in [1.54, 1.807) is 6.42 Å². The lowest BCUT2D eigenvalue weighted by Gasteiger charge is -2.59. The second kappa shape index (κ2) is 2.96. The monoisotopic (exact) mass is 205 g/mol. The molecule has 5 unspecified atom stereocenters. The summed E-state index contributed by atoms with van der Waals surface area (Å²) in [4.78, 5) is 0. The summed E-state index contributed by atoms with van der Waals surface area (Å²) in [7, 11) is 0. The Hall–Kier alpha value is -0.130. The zero-order valence-corrected chi connectivity index (χ0v) is 10.7. The van der Waals surface area contributed by atoms with E-state index in [0.717, 1.165) is 29.6 Å². The summed E-state index contributed by atoms with van der Waals surface area (Å²) in [5.41, 5.74) is 0.703. The van der Waals surface area contributed by atoms with Gasteiger partial charge in [0.2, 0.25) is 0 Å². The summed E-state index contributed by atoms with van der Waals surface area (Å²) < 4.78 is 0. The van der Waals surface area contributed by atoms with Gasteiger partial charge in [-0.2, -0.15) is 0 Å². The van der Waals surface area contributed by atoms with Gasteiger partial charge in [-0.25, -0.2) is 0 Å².